The summed E-state index contributed by atoms with van der Waals surface area (Å²) < 4.78 is 11.7. The van der Waals surface area contributed by atoms with Crippen molar-refractivity contribution < 1.29 is 19.1 Å². The zero-order chi connectivity index (χ0) is 19.8. The number of rotatable bonds is 7. The van der Waals surface area contributed by atoms with Crippen molar-refractivity contribution in [1.29, 1.82) is 0 Å². The minimum absolute atomic E-state index is 0.0334. The van der Waals surface area contributed by atoms with E-state index in [1.807, 2.05) is 36.4 Å². The van der Waals surface area contributed by atoms with Crippen LogP contribution in [0.4, 0.5) is 4.79 Å². The zero-order valence-electron chi connectivity index (χ0n) is 15.3. The molecule has 1 heterocycles. The lowest BCUT2D eigenvalue weighted by atomic mass is 10.1. The summed E-state index contributed by atoms with van der Waals surface area (Å²) in [6.45, 7) is 0.476. The quantitative estimate of drug-likeness (QED) is 0.633. The predicted molar refractivity (Wildman–Crippen MR) is 100 cm³/mol. The molecule has 1 N–H and O–H groups in total. The van der Waals surface area contributed by atoms with E-state index in [1.165, 1.54) is 13.3 Å². The van der Waals surface area contributed by atoms with Gasteiger partial charge in [-0.1, -0.05) is 65.9 Å². The molecule has 8 nitrogen and oxygen atoms in total. The smallest absolute Gasteiger partial charge is 0.408 e. The number of alkyl carbamates (subject to hydrolysis) is 1. The third kappa shape index (κ3) is 4.94. The summed E-state index contributed by atoms with van der Waals surface area (Å²) in [6.07, 6.45) is 0.789. The molecule has 2 aromatic carbocycles. The monoisotopic (exact) mass is 380 g/mol. The molecule has 28 heavy (non-hydrogen) atoms. The number of nitrogens with zero attached hydrogens (tertiary/aromatic N) is 3. The van der Waals surface area contributed by atoms with Crippen molar-refractivity contribution in [3.8, 4) is 0 Å². The van der Waals surface area contributed by atoms with Crippen molar-refractivity contribution in [2.24, 2.45) is 0 Å². The van der Waals surface area contributed by atoms with Gasteiger partial charge >= 0.3 is 12.1 Å². The number of methoxy groups -OCH3 is 1. The number of carbonyl (C=O) groups is 2. The summed E-state index contributed by atoms with van der Waals surface area (Å²) >= 11 is 0. The first-order valence-electron chi connectivity index (χ1n) is 8.64. The van der Waals surface area contributed by atoms with Crippen LogP contribution in [0.25, 0.3) is 0 Å². The number of hydrogen-bond acceptors (Lipinski definition) is 6. The molecule has 0 bridgehead atoms. The Balaban J connectivity index is 1.61. The van der Waals surface area contributed by atoms with E-state index in [2.05, 4.69) is 15.6 Å². The van der Waals surface area contributed by atoms with E-state index in [0.717, 1.165) is 5.56 Å². The molecule has 3 rings (SSSR count). The summed E-state index contributed by atoms with van der Waals surface area (Å²) in [4.78, 5) is 24.2. The van der Waals surface area contributed by atoms with Crippen molar-refractivity contribution >= 4 is 12.1 Å². The van der Waals surface area contributed by atoms with Crippen LogP contribution in [0.3, 0.4) is 0 Å². The highest BCUT2D eigenvalue weighted by molar-refractivity contribution is 5.82. The Labute approximate surface area is 162 Å². The molecule has 1 atom stereocenters. The largest absolute Gasteiger partial charge is 0.467 e. The second-order valence-electron chi connectivity index (χ2n) is 5.96. The number of benzene rings is 2. The Hall–Kier alpha value is -3.68. The molecule has 0 aliphatic rings. The predicted octanol–water partition coefficient (Wildman–Crippen LogP) is 2.47. The van der Waals surface area contributed by atoms with Crippen LogP contribution in [0.1, 0.15) is 22.9 Å². The van der Waals surface area contributed by atoms with Gasteiger partial charge in [-0.05, 0) is 11.1 Å². The maximum Gasteiger partial charge on any atom is 0.408 e. The van der Waals surface area contributed by atoms with E-state index in [4.69, 9.17) is 9.47 Å². The highest BCUT2D eigenvalue weighted by Gasteiger charge is 2.24. The number of amides is 1. The van der Waals surface area contributed by atoms with Crippen LogP contribution in [0.5, 0.6) is 0 Å². The maximum absolute atomic E-state index is 12.2. The molecule has 0 fully saturated rings. The summed E-state index contributed by atoms with van der Waals surface area (Å²) in [5.41, 5.74) is 2.28. The molecular weight excluding hydrogens is 360 g/mol. The highest BCUT2D eigenvalue weighted by atomic mass is 16.6. The van der Waals surface area contributed by atoms with Gasteiger partial charge in [-0.25, -0.2) is 14.3 Å². The summed E-state index contributed by atoms with van der Waals surface area (Å²) in [5, 5.41) is 10.4. The van der Waals surface area contributed by atoms with E-state index >= 15 is 0 Å². The fourth-order valence-electron chi connectivity index (χ4n) is 2.62. The van der Waals surface area contributed by atoms with Crippen LogP contribution in [0.2, 0.25) is 0 Å². The van der Waals surface area contributed by atoms with Gasteiger partial charge in [-0.3, -0.25) is 0 Å². The normalized spacial score (nSPS) is 11.5. The zero-order valence-corrected chi connectivity index (χ0v) is 15.3. The van der Waals surface area contributed by atoms with Crippen LogP contribution in [-0.2, 0) is 27.4 Å². The minimum atomic E-state index is -0.953. The second kappa shape index (κ2) is 9.31. The Bertz CT molecular complexity index is 912. The van der Waals surface area contributed by atoms with Crippen LogP contribution >= 0.6 is 0 Å². The van der Waals surface area contributed by atoms with Crippen molar-refractivity contribution in [3.05, 3.63) is 83.7 Å². The first-order chi connectivity index (χ1) is 13.7. The van der Waals surface area contributed by atoms with E-state index in [1.54, 1.807) is 28.9 Å². The van der Waals surface area contributed by atoms with Crippen molar-refractivity contribution in [2.75, 3.05) is 7.11 Å². The van der Waals surface area contributed by atoms with E-state index in [0.29, 0.717) is 17.8 Å². The van der Waals surface area contributed by atoms with Crippen LogP contribution in [0.15, 0.2) is 66.9 Å². The third-order valence-corrected chi connectivity index (χ3v) is 4.06. The first-order valence-corrected chi connectivity index (χ1v) is 8.64. The molecule has 0 aliphatic carbocycles. The van der Waals surface area contributed by atoms with Gasteiger partial charge in [-0.2, -0.15) is 0 Å². The fourth-order valence-corrected chi connectivity index (χ4v) is 2.62. The summed E-state index contributed by atoms with van der Waals surface area (Å²) in [7, 11) is 1.26. The number of aromatic nitrogens is 3. The number of ether oxygens (including phenoxy) is 2. The first kappa shape index (κ1) is 19.1. The standard InChI is InChI=1S/C20H20N4O4/c1-27-19(25)18(16-10-6-3-7-11-16)22-20(26)28-14-17-12-21-23-24(17)13-15-8-4-2-5-9-15/h2-12,18H,13-14H2,1H3,(H,22,26). The Morgan fingerprint density at radius 2 is 1.75 bits per heavy atom. The molecule has 1 aromatic heterocycles. The van der Waals surface area contributed by atoms with E-state index in [-0.39, 0.29) is 6.61 Å². The van der Waals surface area contributed by atoms with Crippen LogP contribution in [-0.4, -0.2) is 34.2 Å². The molecule has 8 heteroatoms. The van der Waals surface area contributed by atoms with E-state index in [9.17, 15) is 9.59 Å². The third-order valence-electron chi connectivity index (χ3n) is 4.06. The number of nitrogens with one attached hydrogen (secondary N) is 1. The molecule has 0 aliphatic heterocycles. The maximum atomic E-state index is 12.2. The highest BCUT2D eigenvalue weighted by Crippen LogP contribution is 2.14. The summed E-state index contributed by atoms with van der Waals surface area (Å²) in [5.74, 6) is -0.584. The van der Waals surface area contributed by atoms with Gasteiger partial charge in [-0.15, -0.1) is 5.10 Å². The molecule has 1 unspecified atom stereocenters. The average Bonchev–Trinajstić information content (AvgIpc) is 3.18. The Morgan fingerprint density at radius 3 is 2.43 bits per heavy atom. The fraction of sp³-hybridized carbons (Fsp3) is 0.200. The van der Waals surface area contributed by atoms with Crippen molar-refractivity contribution in [3.63, 3.8) is 0 Å². The van der Waals surface area contributed by atoms with Gasteiger partial charge < -0.3 is 14.8 Å². The summed E-state index contributed by atoms with van der Waals surface area (Å²) in [6, 6.07) is 17.6. The molecule has 144 valence electrons. The van der Waals surface area contributed by atoms with Crippen molar-refractivity contribution in [2.45, 2.75) is 19.2 Å². The topological polar surface area (TPSA) is 95.3 Å². The SMILES string of the molecule is COC(=O)C(NC(=O)OCc1cnnn1Cc1ccccc1)c1ccccc1. The van der Waals surface area contributed by atoms with Gasteiger partial charge in [0.05, 0.1) is 25.5 Å². The number of esters is 1. The molecule has 3 aromatic rings. The van der Waals surface area contributed by atoms with Crippen molar-refractivity contribution in [1.82, 2.24) is 20.3 Å². The Morgan fingerprint density at radius 1 is 1.07 bits per heavy atom. The Kier molecular flexibility index (Phi) is 6.35. The minimum Gasteiger partial charge on any atom is -0.467 e. The van der Waals surface area contributed by atoms with Gasteiger partial charge in [0.1, 0.15) is 6.61 Å². The lowest BCUT2D eigenvalue weighted by Gasteiger charge is -2.16. The molecule has 1 amide bonds. The molecule has 0 spiro atoms. The van der Waals surface area contributed by atoms with Gasteiger partial charge in [0.25, 0.3) is 0 Å². The molecule has 0 saturated heterocycles. The van der Waals surface area contributed by atoms with Gasteiger partial charge in [0.15, 0.2) is 6.04 Å². The van der Waals surface area contributed by atoms with Crippen LogP contribution < -0.4 is 5.32 Å². The molecule has 0 radical (unpaired) electrons. The van der Waals surface area contributed by atoms with Crippen LogP contribution in [0, 0.1) is 0 Å². The molecule has 0 saturated carbocycles. The lowest BCUT2D eigenvalue weighted by molar-refractivity contribution is -0.143. The second-order valence-corrected chi connectivity index (χ2v) is 5.96. The average molecular weight is 380 g/mol. The lowest BCUT2D eigenvalue weighted by Crippen LogP contribution is -2.35. The van der Waals surface area contributed by atoms with E-state index < -0.39 is 18.1 Å². The molecular formula is C20H20N4O4. The number of hydrogen-bond donors (Lipinski definition) is 1. The van der Waals surface area contributed by atoms with Gasteiger partial charge in [0.2, 0.25) is 0 Å². The number of carbonyl (C=O) groups excluding carboxylic acids is 2. The van der Waals surface area contributed by atoms with Gasteiger partial charge in [0, 0.05) is 0 Å².